The van der Waals surface area contributed by atoms with Gasteiger partial charge in [-0.1, -0.05) is 12.1 Å². The van der Waals surface area contributed by atoms with E-state index >= 15 is 0 Å². The van der Waals surface area contributed by atoms with Gasteiger partial charge in [0.25, 0.3) is 5.69 Å². The van der Waals surface area contributed by atoms with Crippen LogP contribution >= 0.6 is 0 Å². The molecule has 1 saturated heterocycles. The second kappa shape index (κ2) is 5.96. The summed E-state index contributed by atoms with van der Waals surface area (Å²) in [4.78, 5) is 32.9. The molecule has 0 saturated carbocycles. The van der Waals surface area contributed by atoms with E-state index in [2.05, 4.69) is 4.74 Å². The summed E-state index contributed by atoms with van der Waals surface area (Å²) >= 11 is 0. The van der Waals surface area contributed by atoms with Crippen LogP contribution in [0.3, 0.4) is 0 Å². The summed E-state index contributed by atoms with van der Waals surface area (Å²) in [5, 5.41) is 10.8. The molecular formula is C13H11NO6. The van der Waals surface area contributed by atoms with Crippen LogP contribution in [0.25, 0.3) is 6.08 Å². The standard InChI is InChI=1S/C13H11NO6/c15-12(20-11-7-8-19-13(11)16)6-5-9-3-1-2-4-10(9)14(17)18/h1-6,11H,7-8H2/b6-5+/t11-/m0/s1. The zero-order chi connectivity index (χ0) is 14.5. The van der Waals surface area contributed by atoms with E-state index in [1.165, 1.54) is 24.3 Å². The van der Waals surface area contributed by atoms with Crippen LogP contribution in [0.15, 0.2) is 30.3 Å². The predicted octanol–water partition coefficient (Wildman–Crippen LogP) is 1.47. The van der Waals surface area contributed by atoms with Crippen LogP contribution in [0.5, 0.6) is 0 Å². The molecule has 1 aromatic carbocycles. The Morgan fingerprint density at radius 1 is 1.45 bits per heavy atom. The highest BCUT2D eigenvalue weighted by atomic mass is 16.6. The number of carbonyl (C=O) groups excluding carboxylic acids is 2. The molecule has 1 heterocycles. The molecule has 1 fully saturated rings. The van der Waals surface area contributed by atoms with E-state index in [0.29, 0.717) is 6.42 Å². The van der Waals surface area contributed by atoms with Crippen molar-refractivity contribution in [1.29, 1.82) is 0 Å². The van der Waals surface area contributed by atoms with Crippen molar-refractivity contribution < 1.29 is 24.0 Å². The number of hydrogen-bond donors (Lipinski definition) is 0. The van der Waals surface area contributed by atoms with Gasteiger partial charge in [0, 0.05) is 18.6 Å². The smallest absolute Gasteiger partial charge is 0.347 e. The van der Waals surface area contributed by atoms with E-state index in [0.717, 1.165) is 6.08 Å². The van der Waals surface area contributed by atoms with Gasteiger partial charge < -0.3 is 9.47 Å². The molecule has 7 nitrogen and oxygen atoms in total. The summed E-state index contributed by atoms with van der Waals surface area (Å²) in [6.45, 7) is 0.227. The van der Waals surface area contributed by atoms with Crippen LogP contribution in [0.2, 0.25) is 0 Å². The third-order valence-corrected chi connectivity index (χ3v) is 2.68. The van der Waals surface area contributed by atoms with Crippen LogP contribution in [-0.2, 0) is 19.1 Å². The number of rotatable bonds is 4. The van der Waals surface area contributed by atoms with Gasteiger partial charge in [0.2, 0.25) is 6.10 Å². The summed E-state index contributed by atoms with van der Waals surface area (Å²) in [6, 6.07) is 5.99. The number of nitro groups is 1. The number of carbonyl (C=O) groups is 2. The van der Waals surface area contributed by atoms with Crippen molar-refractivity contribution >= 4 is 23.7 Å². The highest BCUT2D eigenvalue weighted by molar-refractivity contribution is 5.90. The fourth-order valence-corrected chi connectivity index (χ4v) is 1.72. The van der Waals surface area contributed by atoms with Crippen LogP contribution in [0, 0.1) is 10.1 Å². The Bertz CT molecular complexity index is 580. The summed E-state index contributed by atoms with van der Waals surface area (Å²) in [5.41, 5.74) is 0.167. The molecule has 0 amide bonds. The van der Waals surface area contributed by atoms with Gasteiger partial charge >= 0.3 is 11.9 Å². The van der Waals surface area contributed by atoms with Crippen molar-refractivity contribution in [2.75, 3.05) is 6.61 Å². The third-order valence-electron chi connectivity index (χ3n) is 2.68. The van der Waals surface area contributed by atoms with E-state index < -0.39 is 23.0 Å². The first-order valence-electron chi connectivity index (χ1n) is 5.86. The minimum atomic E-state index is -0.891. The Labute approximate surface area is 113 Å². The number of esters is 2. The molecule has 1 aliphatic rings. The zero-order valence-corrected chi connectivity index (χ0v) is 10.4. The Kier molecular flexibility index (Phi) is 4.09. The maximum absolute atomic E-state index is 11.5. The van der Waals surface area contributed by atoms with Gasteiger partial charge in [0.1, 0.15) is 0 Å². The first-order valence-corrected chi connectivity index (χ1v) is 5.86. The van der Waals surface area contributed by atoms with Gasteiger partial charge in [0.15, 0.2) is 0 Å². The average molecular weight is 277 g/mol. The first kappa shape index (κ1) is 13.7. The van der Waals surface area contributed by atoms with E-state index in [9.17, 15) is 19.7 Å². The molecule has 0 spiro atoms. The SMILES string of the molecule is O=C(/C=C/c1ccccc1[N+](=O)[O-])O[C@H]1CCOC1=O. The normalized spacial score (nSPS) is 18.0. The van der Waals surface area contributed by atoms with Crippen LogP contribution in [0.1, 0.15) is 12.0 Å². The van der Waals surface area contributed by atoms with E-state index in [4.69, 9.17) is 4.74 Å². The summed E-state index contributed by atoms with van der Waals surface area (Å²) in [6.07, 6.45) is 1.76. The molecule has 0 N–H and O–H groups in total. The molecule has 7 heteroatoms. The van der Waals surface area contributed by atoms with Gasteiger partial charge in [-0.2, -0.15) is 0 Å². The van der Waals surface area contributed by atoms with Crippen molar-refractivity contribution in [2.24, 2.45) is 0 Å². The summed E-state index contributed by atoms with van der Waals surface area (Å²) < 4.78 is 9.53. The summed E-state index contributed by atoms with van der Waals surface area (Å²) in [7, 11) is 0. The second-order valence-corrected chi connectivity index (χ2v) is 4.03. The molecule has 20 heavy (non-hydrogen) atoms. The Morgan fingerprint density at radius 3 is 2.85 bits per heavy atom. The van der Waals surface area contributed by atoms with Gasteiger partial charge in [0.05, 0.1) is 17.1 Å². The number of benzene rings is 1. The molecule has 104 valence electrons. The minimum Gasteiger partial charge on any atom is -0.463 e. The molecule has 1 atom stereocenters. The maximum atomic E-state index is 11.5. The van der Waals surface area contributed by atoms with Crippen LogP contribution in [-0.4, -0.2) is 29.6 Å². The Morgan fingerprint density at radius 2 is 2.20 bits per heavy atom. The molecule has 0 radical (unpaired) electrons. The Hall–Kier alpha value is -2.70. The molecule has 0 bridgehead atoms. The molecule has 0 aromatic heterocycles. The molecule has 0 unspecified atom stereocenters. The van der Waals surface area contributed by atoms with Crippen molar-refractivity contribution in [3.63, 3.8) is 0 Å². The number of cyclic esters (lactones) is 1. The molecule has 0 aliphatic carbocycles. The second-order valence-electron chi connectivity index (χ2n) is 4.03. The highest BCUT2D eigenvalue weighted by Gasteiger charge is 2.29. The van der Waals surface area contributed by atoms with E-state index in [1.807, 2.05) is 0 Å². The lowest BCUT2D eigenvalue weighted by Gasteiger charge is -2.05. The maximum Gasteiger partial charge on any atom is 0.347 e. The highest BCUT2D eigenvalue weighted by Crippen LogP contribution is 2.19. The zero-order valence-electron chi connectivity index (χ0n) is 10.4. The molecular weight excluding hydrogens is 266 g/mol. The lowest BCUT2D eigenvalue weighted by molar-refractivity contribution is -0.385. The number of nitrogens with zero attached hydrogens (tertiary/aromatic N) is 1. The average Bonchev–Trinajstić information content (AvgIpc) is 2.82. The predicted molar refractivity (Wildman–Crippen MR) is 67.6 cm³/mol. The lowest BCUT2D eigenvalue weighted by atomic mass is 10.1. The number of para-hydroxylation sites is 1. The van der Waals surface area contributed by atoms with Gasteiger partial charge in [-0.25, -0.2) is 9.59 Å². The van der Waals surface area contributed by atoms with Crippen molar-refractivity contribution in [3.05, 3.63) is 46.0 Å². The van der Waals surface area contributed by atoms with Gasteiger partial charge in [-0.3, -0.25) is 10.1 Å². The topological polar surface area (TPSA) is 95.7 Å². The fraction of sp³-hybridized carbons (Fsp3) is 0.231. The van der Waals surface area contributed by atoms with E-state index in [1.54, 1.807) is 6.07 Å². The molecule has 1 aromatic rings. The van der Waals surface area contributed by atoms with Crippen molar-refractivity contribution in [3.8, 4) is 0 Å². The van der Waals surface area contributed by atoms with Crippen LogP contribution in [0.4, 0.5) is 5.69 Å². The summed E-state index contributed by atoms with van der Waals surface area (Å²) in [5.74, 6) is -1.32. The van der Waals surface area contributed by atoms with E-state index in [-0.39, 0.29) is 17.9 Å². The fourth-order valence-electron chi connectivity index (χ4n) is 1.72. The Balaban J connectivity index is 2.04. The third kappa shape index (κ3) is 3.19. The van der Waals surface area contributed by atoms with Crippen LogP contribution < -0.4 is 0 Å². The number of ether oxygens (including phenoxy) is 2. The first-order chi connectivity index (χ1) is 9.58. The monoisotopic (exact) mass is 277 g/mol. The minimum absolute atomic E-state index is 0.114. The molecule has 2 rings (SSSR count). The van der Waals surface area contributed by atoms with Gasteiger partial charge in [-0.05, 0) is 12.1 Å². The van der Waals surface area contributed by atoms with Crippen molar-refractivity contribution in [1.82, 2.24) is 0 Å². The quantitative estimate of drug-likeness (QED) is 0.358. The van der Waals surface area contributed by atoms with Crippen molar-refractivity contribution in [2.45, 2.75) is 12.5 Å². The van der Waals surface area contributed by atoms with Gasteiger partial charge in [-0.15, -0.1) is 0 Å². The number of hydrogen-bond acceptors (Lipinski definition) is 6. The largest absolute Gasteiger partial charge is 0.463 e. The number of nitro benzene ring substituents is 1. The molecule has 1 aliphatic heterocycles. The lowest BCUT2D eigenvalue weighted by Crippen LogP contribution is -2.21.